The summed E-state index contributed by atoms with van der Waals surface area (Å²) in [5, 5.41) is 6.77. The molecule has 4 heteroatoms. The lowest BCUT2D eigenvalue weighted by Crippen LogP contribution is -2.17. The van der Waals surface area contributed by atoms with Crippen LogP contribution in [0, 0.1) is 6.92 Å². The lowest BCUT2D eigenvalue weighted by Gasteiger charge is -2.09. The predicted molar refractivity (Wildman–Crippen MR) is 79.4 cm³/mol. The van der Waals surface area contributed by atoms with Crippen molar-refractivity contribution in [1.29, 1.82) is 0 Å². The number of nitrogens with one attached hydrogen (secondary N) is 1. The van der Waals surface area contributed by atoms with Gasteiger partial charge in [-0.05, 0) is 18.1 Å². The van der Waals surface area contributed by atoms with Gasteiger partial charge in [-0.25, -0.2) is 4.98 Å². The molecule has 102 valence electrons. The van der Waals surface area contributed by atoms with Gasteiger partial charge >= 0.3 is 0 Å². The number of aryl methyl sites for hydroxylation is 1. The van der Waals surface area contributed by atoms with Crippen LogP contribution in [0.25, 0.3) is 0 Å². The number of benzene rings is 1. The van der Waals surface area contributed by atoms with Gasteiger partial charge < -0.3 is 10.1 Å². The van der Waals surface area contributed by atoms with E-state index in [0.29, 0.717) is 6.61 Å². The molecule has 2 aromatic rings. The van der Waals surface area contributed by atoms with E-state index in [1.807, 2.05) is 6.92 Å². The van der Waals surface area contributed by atoms with Crippen LogP contribution < -0.4 is 5.32 Å². The molecule has 0 bridgehead atoms. The number of hydrogen-bond donors (Lipinski definition) is 1. The van der Waals surface area contributed by atoms with Crippen molar-refractivity contribution in [3.05, 3.63) is 51.5 Å². The van der Waals surface area contributed by atoms with E-state index >= 15 is 0 Å². The Morgan fingerprint density at radius 3 is 2.74 bits per heavy atom. The van der Waals surface area contributed by atoms with Gasteiger partial charge in [-0.1, -0.05) is 24.3 Å². The van der Waals surface area contributed by atoms with Crippen LogP contribution >= 0.6 is 11.3 Å². The summed E-state index contributed by atoms with van der Waals surface area (Å²) < 4.78 is 5.21. The van der Waals surface area contributed by atoms with Gasteiger partial charge in [0, 0.05) is 37.7 Å². The van der Waals surface area contributed by atoms with E-state index < -0.39 is 0 Å². The zero-order chi connectivity index (χ0) is 13.5. The molecule has 2 rings (SSSR count). The number of methoxy groups -OCH3 is 1. The van der Waals surface area contributed by atoms with Crippen molar-refractivity contribution >= 4 is 11.3 Å². The highest BCUT2D eigenvalue weighted by Crippen LogP contribution is 2.11. The molecule has 1 aromatic heterocycles. The third-order valence-electron chi connectivity index (χ3n) is 2.92. The number of hydrogen-bond acceptors (Lipinski definition) is 4. The molecular weight excluding hydrogens is 256 g/mol. The summed E-state index contributed by atoms with van der Waals surface area (Å²) in [7, 11) is 1.73. The largest absolute Gasteiger partial charge is 0.380 e. The molecule has 0 saturated heterocycles. The normalized spacial score (nSPS) is 10.8. The zero-order valence-electron chi connectivity index (χ0n) is 11.5. The molecule has 0 radical (unpaired) electrons. The number of rotatable bonds is 7. The molecule has 0 aliphatic heterocycles. The van der Waals surface area contributed by atoms with E-state index in [1.54, 1.807) is 18.4 Å². The third-order valence-corrected chi connectivity index (χ3v) is 3.94. The van der Waals surface area contributed by atoms with Crippen molar-refractivity contribution in [2.45, 2.75) is 26.5 Å². The van der Waals surface area contributed by atoms with E-state index in [-0.39, 0.29) is 0 Å². The Hall–Kier alpha value is -1.23. The van der Waals surface area contributed by atoms with Crippen molar-refractivity contribution in [2.75, 3.05) is 13.7 Å². The van der Waals surface area contributed by atoms with E-state index in [2.05, 4.69) is 39.9 Å². The number of aromatic nitrogens is 1. The molecule has 1 N–H and O–H groups in total. The van der Waals surface area contributed by atoms with Crippen molar-refractivity contribution in [2.24, 2.45) is 0 Å². The Labute approximate surface area is 118 Å². The molecule has 0 atom stereocenters. The first-order valence-corrected chi connectivity index (χ1v) is 7.35. The molecule has 0 saturated carbocycles. The van der Waals surface area contributed by atoms with Crippen molar-refractivity contribution in [3.63, 3.8) is 0 Å². The lowest BCUT2D eigenvalue weighted by molar-refractivity contribution is 0.184. The second-order valence-corrected chi connectivity index (χ2v) is 5.45. The molecule has 0 unspecified atom stereocenters. The van der Waals surface area contributed by atoms with Crippen molar-refractivity contribution < 1.29 is 4.74 Å². The Morgan fingerprint density at radius 2 is 2.05 bits per heavy atom. The second-order valence-electron chi connectivity index (χ2n) is 4.51. The summed E-state index contributed by atoms with van der Waals surface area (Å²) in [6.45, 7) is 4.54. The minimum atomic E-state index is 0.670. The van der Waals surface area contributed by atoms with Crippen molar-refractivity contribution in [3.8, 4) is 0 Å². The molecule has 1 aromatic carbocycles. The summed E-state index contributed by atoms with van der Waals surface area (Å²) in [4.78, 5) is 4.46. The molecule has 0 aliphatic carbocycles. The fraction of sp³-hybridized carbons (Fsp3) is 0.400. The highest BCUT2D eigenvalue weighted by atomic mass is 32.1. The number of thiazole rings is 1. The van der Waals surface area contributed by atoms with E-state index in [9.17, 15) is 0 Å². The van der Waals surface area contributed by atoms with Gasteiger partial charge in [0.25, 0.3) is 0 Å². The highest BCUT2D eigenvalue weighted by molar-refractivity contribution is 7.09. The Balaban J connectivity index is 1.79. The van der Waals surface area contributed by atoms with E-state index in [4.69, 9.17) is 4.74 Å². The zero-order valence-corrected chi connectivity index (χ0v) is 12.3. The van der Waals surface area contributed by atoms with Gasteiger partial charge in [-0.2, -0.15) is 0 Å². The highest BCUT2D eigenvalue weighted by Gasteiger charge is 2.02. The van der Waals surface area contributed by atoms with Gasteiger partial charge in [0.2, 0.25) is 0 Å². The van der Waals surface area contributed by atoms with Crippen LogP contribution in [0.15, 0.2) is 29.6 Å². The van der Waals surface area contributed by atoms with Gasteiger partial charge in [-0.15, -0.1) is 11.3 Å². The molecule has 0 aliphatic rings. The third kappa shape index (κ3) is 4.42. The minimum Gasteiger partial charge on any atom is -0.380 e. The monoisotopic (exact) mass is 276 g/mol. The Bertz CT molecular complexity index is 510. The maximum Gasteiger partial charge on any atom is 0.0940 e. The summed E-state index contributed by atoms with van der Waals surface area (Å²) in [5.41, 5.74) is 3.67. The van der Waals surface area contributed by atoms with Crippen LogP contribution in [0.4, 0.5) is 0 Å². The summed E-state index contributed by atoms with van der Waals surface area (Å²) in [6.07, 6.45) is 0.991. The Kier molecular flexibility index (Phi) is 5.51. The SMILES string of the molecule is COCc1ccccc1CNCCc1nc(C)cs1. The summed E-state index contributed by atoms with van der Waals surface area (Å²) in [6, 6.07) is 8.39. The molecule has 19 heavy (non-hydrogen) atoms. The van der Waals surface area contributed by atoms with Gasteiger partial charge in [0.05, 0.1) is 11.6 Å². The molecule has 0 amide bonds. The maximum absolute atomic E-state index is 5.21. The molecule has 0 spiro atoms. The van der Waals surface area contributed by atoms with Crippen LogP contribution in [0.5, 0.6) is 0 Å². The van der Waals surface area contributed by atoms with Gasteiger partial charge in [-0.3, -0.25) is 0 Å². The molecule has 1 heterocycles. The number of ether oxygens (including phenoxy) is 1. The lowest BCUT2D eigenvalue weighted by atomic mass is 10.1. The first kappa shape index (κ1) is 14.2. The van der Waals surface area contributed by atoms with Crippen LogP contribution in [-0.2, 0) is 24.3 Å². The van der Waals surface area contributed by atoms with Crippen LogP contribution in [0.3, 0.4) is 0 Å². The fourth-order valence-corrected chi connectivity index (χ4v) is 2.74. The smallest absolute Gasteiger partial charge is 0.0940 e. The van der Waals surface area contributed by atoms with Gasteiger partial charge in [0.1, 0.15) is 0 Å². The first-order chi connectivity index (χ1) is 9.29. The minimum absolute atomic E-state index is 0.670. The van der Waals surface area contributed by atoms with Crippen LogP contribution in [0.1, 0.15) is 21.8 Å². The summed E-state index contributed by atoms with van der Waals surface area (Å²) in [5.74, 6) is 0. The topological polar surface area (TPSA) is 34.1 Å². The van der Waals surface area contributed by atoms with Crippen molar-refractivity contribution in [1.82, 2.24) is 10.3 Å². The maximum atomic E-state index is 5.21. The fourth-order valence-electron chi connectivity index (χ4n) is 1.96. The summed E-state index contributed by atoms with van der Waals surface area (Å²) >= 11 is 1.74. The van der Waals surface area contributed by atoms with Gasteiger partial charge in [0.15, 0.2) is 0 Å². The number of nitrogens with zero attached hydrogens (tertiary/aromatic N) is 1. The molecule has 0 fully saturated rings. The average molecular weight is 276 g/mol. The molecule has 3 nitrogen and oxygen atoms in total. The van der Waals surface area contributed by atoms with Crippen LogP contribution in [-0.4, -0.2) is 18.6 Å². The Morgan fingerprint density at radius 1 is 1.26 bits per heavy atom. The van der Waals surface area contributed by atoms with Crippen LogP contribution in [0.2, 0.25) is 0 Å². The second kappa shape index (κ2) is 7.38. The van der Waals surface area contributed by atoms with E-state index in [0.717, 1.165) is 25.2 Å². The quantitative estimate of drug-likeness (QED) is 0.790. The standard InChI is InChI=1S/C15H20N2OS/c1-12-11-19-15(17-12)7-8-16-9-13-5-3-4-6-14(13)10-18-2/h3-6,11,16H,7-10H2,1-2H3. The first-order valence-electron chi connectivity index (χ1n) is 6.47. The average Bonchev–Trinajstić information content (AvgIpc) is 2.83. The predicted octanol–water partition coefficient (Wildman–Crippen LogP) is 2.93. The van der Waals surface area contributed by atoms with E-state index in [1.165, 1.54) is 16.1 Å². The molecular formula is C15H20N2OS.